The Balaban J connectivity index is 1.36. The summed E-state index contributed by atoms with van der Waals surface area (Å²) in [5, 5.41) is 17.8. The van der Waals surface area contributed by atoms with Gasteiger partial charge in [-0.3, -0.25) is 9.48 Å². The van der Waals surface area contributed by atoms with Crippen LogP contribution in [0, 0.1) is 5.92 Å². The molecule has 0 unspecified atom stereocenters. The number of carbonyl (C=O) groups excluding carboxylic acids is 1. The van der Waals surface area contributed by atoms with E-state index in [-0.39, 0.29) is 11.9 Å². The van der Waals surface area contributed by atoms with Crippen molar-refractivity contribution in [2.75, 3.05) is 18.0 Å². The van der Waals surface area contributed by atoms with E-state index in [4.69, 9.17) is 11.6 Å². The topological polar surface area (TPSA) is 75.9 Å². The van der Waals surface area contributed by atoms with Gasteiger partial charge < -0.3 is 10.2 Å². The highest BCUT2D eigenvalue weighted by Gasteiger charge is 2.25. The number of anilines is 1. The van der Waals surface area contributed by atoms with Crippen molar-refractivity contribution < 1.29 is 4.79 Å². The molecule has 29 heavy (non-hydrogen) atoms. The summed E-state index contributed by atoms with van der Waals surface area (Å²) in [5.41, 5.74) is 1.73. The Hall–Kier alpha value is -2.45. The lowest BCUT2D eigenvalue weighted by molar-refractivity contribution is 0.0941. The van der Waals surface area contributed by atoms with Crippen LogP contribution in [0.25, 0.3) is 10.4 Å². The van der Waals surface area contributed by atoms with Gasteiger partial charge in [0.15, 0.2) is 11.0 Å². The van der Waals surface area contributed by atoms with E-state index in [1.165, 1.54) is 0 Å². The highest BCUT2D eigenvalue weighted by molar-refractivity contribution is 7.13. The van der Waals surface area contributed by atoms with Gasteiger partial charge in [0.2, 0.25) is 0 Å². The SMILES string of the molecule is CC(C)Cn1cc(-c2cc(C(=O)N[C@@H]3CCN(c4ccc(Cl)nn4)C3)cs2)cn1. The minimum absolute atomic E-state index is 0.0453. The van der Waals surface area contributed by atoms with Crippen LogP contribution in [0.2, 0.25) is 5.15 Å². The van der Waals surface area contributed by atoms with E-state index >= 15 is 0 Å². The van der Waals surface area contributed by atoms with Gasteiger partial charge in [0.1, 0.15) is 0 Å². The quantitative estimate of drug-likeness (QED) is 0.645. The molecule has 7 nitrogen and oxygen atoms in total. The van der Waals surface area contributed by atoms with Crippen LogP contribution in [-0.4, -0.2) is 45.0 Å². The molecule has 1 aliphatic rings. The first-order valence-corrected chi connectivity index (χ1v) is 10.9. The van der Waals surface area contributed by atoms with Gasteiger partial charge in [-0.1, -0.05) is 25.4 Å². The molecule has 1 atom stereocenters. The van der Waals surface area contributed by atoms with Crippen LogP contribution < -0.4 is 10.2 Å². The number of hydrogen-bond donors (Lipinski definition) is 1. The monoisotopic (exact) mass is 430 g/mol. The molecule has 3 aromatic rings. The average molecular weight is 431 g/mol. The van der Waals surface area contributed by atoms with Crippen molar-refractivity contribution in [1.82, 2.24) is 25.3 Å². The first-order valence-electron chi connectivity index (χ1n) is 9.64. The Morgan fingerprint density at radius 3 is 3.00 bits per heavy atom. The molecule has 0 aromatic carbocycles. The molecule has 4 rings (SSSR count). The first kappa shape index (κ1) is 19.8. The zero-order valence-electron chi connectivity index (χ0n) is 16.4. The van der Waals surface area contributed by atoms with Gasteiger partial charge in [0.25, 0.3) is 5.91 Å². The van der Waals surface area contributed by atoms with Crippen LogP contribution in [0.4, 0.5) is 5.82 Å². The van der Waals surface area contributed by atoms with Crippen LogP contribution in [0.1, 0.15) is 30.6 Å². The summed E-state index contributed by atoms with van der Waals surface area (Å²) >= 11 is 7.36. The molecule has 0 aliphatic carbocycles. The summed E-state index contributed by atoms with van der Waals surface area (Å²) in [6.07, 6.45) is 4.77. The van der Waals surface area contributed by atoms with Gasteiger partial charge in [-0.05, 0) is 30.5 Å². The molecular formula is C20H23ClN6OS. The Bertz CT molecular complexity index is 983. The molecule has 3 aromatic heterocycles. The number of nitrogens with one attached hydrogen (secondary N) is 1. The van der Waals surface area contributed by atoms with Crippen molar-refractivity contribution in [3.05, 3.63) is 46.7 Å². The van der Waals surface area contributed by atoms with E-state index in [1.54, 1.807) is 17.4 Å². The second kappa shape index (κ2) is 8.51. The van der Waals surface area contributed by atoms with Crippen LogP contribution in [0.15, 0.2) is 36.0 Å². The minimum atomic E-state index is -0.0453. The highest BCUT2D eigenvalue weighted by atomic mass is 35.5. The van der Waals surface area contributed by atoms with Crippen molar-refractivity contribution in [2.24, 2.45) is 5.92 Å². The molecule has 4 heterocycles. The summed E-state index contributed by atoms with van der Waals surface area (Å²) in [4.78, 5) is 15.9. The lowest BCUT2D eigenvalue weighted by atomic mass is 10.2. The molecule has 1 N–H and O–H groups in total. The number of thiophene rings is 1. The maximum Gasteiger partial charge on any atom is 0.252 e. The third-order valence-corrected chi connectivity index (χ3v) is 5.98. The summed E-state index contributed by atoms with van der Waals surface area (Å²) in [6.45, 7) is 6.75. The predicted molar refractivity (Wildman–Crippen MR) is 116 cm³/mol. The molecule has 1 saturated heterocycles. The molecule has 1 aliphatic heterocycles. The maximum absolute atomic E-state index is 12.7. The normalized spacial score (nSPS) is 16.6. The Labute approximate surface area is 178 Å². The number of hydrogen-bond acceptors (Lipinski definition) is 6. The largest absolute Gasteiger partial charge is 0.353 e. The van der Waals surface area contributed by atoms with Gasteiger partial charge in [0, 0.05) is 47.7 Å². The smallest absolute Gasteiger partial charge is 0.252 e. The van der Waals surface area contributed by atoms with Gasteiger partial charge in [0.05, 0.1) is 11.8 Å². The second-order valence-electron chi connectivity index (χ2n) is 7.66. The van der Waals surface area contributed by atoms with E-state index in [2.05, 4.69) is 39.4 Å². The Morgan fingerprint density at radius 2 is 2.24 bits per heavy atom. The van der Waals surface area contributed by atoms with Crippen LogP contribution >= 0.6 is 22.9 Å². The van der Waals surface area contributed by atoms with Crippen molar-refractivity contribution in [2.45, 2.75) is 32.9 Å². The van der Waals surface area contributed by atoms with Crippen molar-refractivity contribution in [3.63, 3.8) is 0 Å². The fraction of sp³-hybridized carbons (Fsp3) is 0.400. The molecule has 0 radical (unpaired) electrons. The number of carbonyl (C=O) groups is 1. The molecule has 152 valence electrons. The zero-order chi connectivity index (χ0) is 20.4. The zero-order valence-corrected chi connectivity index (χ0v) is 18.0. The molecule has 1 amide bonds. The lowest BCUT2D eigenvalue weighted by Crippen LogP contribution is -2.37. The molecule has 1 fully saturated rings. The number of nitrogens with zero attached hydrogens (tertiary/aromatic N) is 5. The van der Waals surface area contributed by atoms with Crippen molar-refractivity contribution in [1.29, 1.82) is 0 Å². The van der Waals surface area contributed by atoms with Gasteiger partial charge in [-0.2, -0.15) is 5.10 Å². The van der Waals surface area contributed by atoms with E-state index in [0.717, 1.165) is 35.8 Å². The summed E-state index contributed by atoms with van der Waals surface area (Å²) in [7, 11) is 0. The number of amides is 1. The number of rotatable bonds is 6. The Morgan fingerprint density at radius 1 is 1.38 bits per heavy atom. The maximum atomic E-state index is 12.7. The van der Waals surface area contributed by atoms with Crippen LogP contribution in [0.5, 0.6) is 0 Å². The highest BCUT2D eigenvalue weighted by Crippen LogP contribution is 2.27. The summed E-state index contributed by atoms with van der Waals surface area (Å²) < 4.78 is 1.95. The molecular weight excluding hydrogens is 408 g/mol. The van der Waals surface area contributed by atoms with Gasteiger partial charge in [-0.25, -0.2) is 0 Å². The van der Waals surface area contributed by atoms with E-state index in [1.807, 2.05) is 34.6 Å². The lowest BCUT2D eigenvalue weighted by Gasteiger charge is -2.17. The van der Waals surface area contributed by atoms with E-state index in [0.29, 0.717) is 23.2 Å². The fourth-order valence-corrected chi connectivity index (χ4v) is 4.37. The second-order valence-corrected chi connectivity index (χ2v) is 8.96. The van der Waals surface area contributed by atoms with Gasteiger partial charge >= 0.3 is 0 Å². The molecule has 0 bridgehead atoms. The summed E-state index contributed by atoms with van der Waals surface area (Å²) in [5.74, 6) is 1.27. The van der Waals surface area contributed by atoms with Crippen LogP contribution in [0.3, 0.4) is 0 Å². The third kappa shape index (κ3) is 4.76. The van der Waals surface area contributed by atoms with Crippen molar-refractivity contribution >= 4 is 34.7 Å². The third-order valence-electron chi connectivity index (χ3n) is 4.80. The minimum Gasteiger partial charge on any atom is -0.353 e. The van der Waals surface area contributed by atoms with E-state index in [9.17, 15) is 4.79 Å². The summed E-state index contributed by atoms with van der Waals surface area (Å²) in [6, 6.07) is 5.60. The first-order chi connectivity index (χ1) is 14.0. The molecule has 9 heteroatoms. The predicted octanol–water partition coefficient (Wildman–Crippen LogP) is 3.72. The average Bonchev–Trinajstić information content (AvgIpc) is 3.42. The molecule has 0 saturated carbocycles. The van der Waals surface area contributed by atoms with Crippen molar-refractivity contribution in [3.8, 4) is 10.4 Å². The van der Waals surface area contributed by atoms with E-state index < -0.39 is 0 Å². The molecule has 0 spiro atoms. The fourth-order valence-electron chi connectivity index (χ4n) is 3.40. The standard InChI is InChI=1S/C20H23ClN6OS/c1-13(2)9-27-10-15(8-22-27)17-7-14(12-29-17)20(28)23-16-5-6-26(11-16)19-4-3-18(21)24-25-19/h3-4,7-8,10,12-13,16H,5-6,9,11H2,1-2H3,(H,23,28)/t16-/m1/s1. The number of halogens is 1. The van der Waals surface area contributed by atoms with Crippen LogP contribution in [-0.2, 0) is 6.54 Å². The van der Waals surface area contributed by atoms with Gasteiger partial charge in [-0.15, -0.1) is 21.5 Å². The number of aromatic nitrogens is 4. The Kier molecular flexibility index (Phi) is 5.82.